The topological polar surface area (TPSA) is 26.3 Å². The van der Waals surface area contributed by atoms with Gasteiger partial charge in [-0.1, -0.05) is 28.1 Å². The van der Waals surface area contributed by atoms with Gasteiger partial charge >= 0.3 is 5.97 Å². The highest BCUT2D eigenvalue weighted by Crippen LogP contribution is 2.49. The molecule has 1 aliphatic carbocycles. The van der Waals surface area contributed by atoms with Crippen molar-refractivity contribution in [2.45, 2.75) is 25.2 Å². The Hall–Kier alpha value is -0.830. The molecule has 1 aromatic carbocycles. The molecule has 2 rings (SSSR count). The molecule has 1 fully saturated rings. The first kappa shape index (κ1) is 10.7. The van der Waals surface area contributed by atoms with E-state index in [0.29, 0.717) is 0 Å². The van der Waals surface area contributed by atoms with E-state index in [2.05, 4.69) is 15.9 Å². The van der Waals surface area contributed by atoms with Crippen molar-refractivity contribution in [2.75, 3.05) is 7.11 Å². The van der Waals surface area contributed by atoms with Crippen molar-refractivity contribution in [1.82, 2.24) is 0 Å². The van der Waals surface area contributed by atoms with Gasteiger partial charge in [-0.3, -0.25) is 4.79 Å². The third kappa shape index (κ3) is 1.69. The number of rotatable bonds is 2. The van der Waals surface area contributed by atoms with E-state index in [9.17, 15) is 4.79 Å². The second-order valence-corrected chi connectivity index (χ2v) is 4.89. The summed E-state index contributed by atoms with van der Waals surface area (Å²) in [4.78, 5) is 11.7. The predicted octanol–water partition coefficient (Wildman–Crippen LogP) is 2.96. The largest absolute Gasteiger partial charge is 0.468 e. The SMILES string of the molecule is COC(=O)C1(c2ccc(C)c(Br)c2)CC1. The number of hydrogen-bond donors (Lipinski definition) is 0. The Morgan fingerprint density at radius 1 is 1.47 bits per heavy atom. The summed E-state index contributed by atoms with van der Waals surface area (Å²) in [6, 6.07) is 6.08. The maximum absolute atomic E-state index is 11.7. The fraction of sp³-hybridized carbons (Fsp3) is 0.417. The normalized spacial score (nSPS) is 17.3. The van der Waals surface area contributed by atoms with Gasteiger partial charge in [0.2, 0.25) is 0 Å². The van der Waals surface area contributed by atoms with Gasteiger partial charge in [-0.2, -0.15) is 0 Å². The van der Waals surface area contributed by atoms with E-state index >= 15 is 0 Å². The summed E-state index contributed by atoms with van der Waals surface area (Å²) in [5.74, 6) is -0.113. The van der Waals surface area contributed by atoms with E-state index in [1.54, 1.807) is 0 Å². The standard InChI is InChI=1S/C12H13BrO2/c1-8-3-4-9(7-10(8)13)12(5-6-12)11(14)15-2/h3-4,7H,5-6H2,1-2H3. The van der Waals surface area contributed by atoms with Gasteiger partial charge in [0.1, 0.15) is 0 Å². The first-order chi connectivity index (χ1) is 7.10. The molecule has 1 saturated carbocycles. The van der Waals surface area contributed by atoms with Gasteiger partial charge in [0.15, 0.2) is 0 Å². The quantitative estimate of drug-likeness (QED) is 0.771. The first-order valence-electron chi connectivity index (χ1n) is 4.95. The summed E-state index contributed by atoms with van der Waals surface area (Å²) in [6.07, 6.45) is 1.80. The van der Waals surface area contributed by atoms with Crippen molar-refractivity contribution in [3.63, 3.8) is 0 Å². The Morgan fingerprint density at radius 3 is 2.60 bits per heavy atom. The van der Waals surface area contributed by atoms with Gasteiger partial charge in [-0.25, -0.2) is 0 Å². The fourth-order valence-electron chi connectivity index (χ4n) is 1.82. The van der Waals surface area contributed by atoms with Crippen LogP contribution in [-0.4, -0.2) is 13.1 Å². The molecule has 15 heavy (non-hydrogen) atoms. The monoisotopic (exact) mass is 268 g/mol. The lowest BCUT2D eigenvalue weighted by Crippen LogP contribution is -2.21. The number of esters is 1. The van der Waals surface area contributed by atoms with E-state index < -0.39 is 0 Å². The molecule has 0 unspecified atom stereocenters. The van der Waals surface area contributed by atoms with Crippen LogP contribution >= 0.6 is 15.9 Å². The molecule has 1 aliphatic rings. The average molecular weight is 269 g/mol. The Morgan fingerprint density at radius 2 is 2.13 bits per heavy atom. The molecular weight excluding hydrogens is 256 g/mol. The average Bonchev–Trinajstić information content (AvgIpc) is 3.02. The molecule has 0 saturated heterocycles. The van der Waals surface area contributed by atoms with Crippen molar-refractivity contribution in [2.24, 2.45) is 0 Å². The van der Waals surface area contributed by atoms with Crippen molar-refractivity contribution in [3.8, 4) is 0 Å². The number of halogens is 1. The number of hydrogen-bond acceptors (Lipinski definition) is 2. The van der Waals surface area contributed by atoms with Crippen molar-refractivity contribution in [1.29, 1.82) is 0 Å². The molecule has 0 radical (unpaired) electrons. The van der Waals surface area contributed by atoms with Gasteiger partial charge in [0, 0.05) is 4.47 Å². The molecule has 2 nitrogen and oxygen atoms in total. The Kier molecular flexibility index (Phi) is 2.59. The number of aryl methyl sites for hydroxylation is 1. The smallest absolute Gasteiger partial charge is 0.316 e. The summed E-state index contributed by atoms with van der Waals surface area (Å²) < 4.78 is 5.90. The van der Waals surface area contributed by atoms with E-state index in [1.165, 1.54) is 12.7 Å². The highest BCUT2D eigenvalue weighted by atomic mass is 79.9. The predicted molar refractivity (Wildman–Crippen MR) is 61.8 cm³/mol. The molecular formula is C12H13BrO2. The van der Waals surface area contributed by atoms with Crippen LogP contribution in [0, 0.1) is 6.92 Å². The lowest BCUT2D eigenvalue weighted by atomic mass is 9.95. The molecule has 0 spiro atoms. The lowest BCUT2D eigenvalue weighted by Gasteiger charge is -2.13. The van der Waals surface area contributed by atoms with Gasteiger partial charge < -0.3 is 4.74 Å². The van der Waals surface area contributed by atoms with Crippen LogP contribution in [0.5, 0.6) is 0 Å². The molecule has 0 aromatic heterocycles. The van der Waals surface area contributed by atoms with Crippen molar-refractivity contribution >= 4 is 21.9 Å². The third-order valence-corrected chi connectivity index (χ3v) is 3.90. The first-order valence-corrected chi connectivity index (χ1v) is 5.74. The van der Waals surface area contributed by atoms with E-state index in [1.807, 2.05) is 25.1 Å². The molecule has 0 heterocycles. The Bertz CT molecular complexity index is 408. The van der Waals surface area contributed by atoms with E-state index in [4.69, 9.17) is 4.74 Å². The number of carbonyl (C=O) groups is 1. The summed E-state index contributed by atoms with van der Waals surface area (Å²) in [7, 11) is 1.45. The van der Waals surface area contributed by atoms with Crippen molar-refractivity contribution < 1.29 is 9.53 Å². The molecule has 1 aromatic rings. The van der Waals surface area contributed by atoms with Gasteiger partial charge in [0.05, 0.1) is 12.5 Å². The minimum atomic E-state index is -0.356. The minimum absolute atomic E-state index is 0.113. The van der Waals surface area contributed by atoms with Crippen LogP contribution in [0.3, 0.4) is 0 Å². The summed E-state index contributed by atoms with van der Waals surface area (Å²) in [6.45, 7) is 2.03. The second-order valence-electron chi connectivity index (χ2n) is 4.04. The van der Waals surface area contributed by atoms with Crippen LogP contribution in [0.2, 0.25) is 0 Å². The molecule has 3 heteroatoms. The summed E-state index contributed by atoms with van der Waals surface area (Å²) >= 11 is 3.49. The van der Waals surface area contributed by atoms with Gasteiger partial charge in [-0.15, -0.1) is 0 Å². The molecule has 0 N–H and O–H groups in total. The maximum atomic E-state index is 11.7. The zero-order chi connectivity index (χ0) is 11.1. The van der Waals surface area contributed by atoms with Crippen LogP contribution in [-0.2, 0) is 14.9 Å². The van der Waals surface area contributed by atoms with Crippen LogP contribution in [0.4, 0.5) is 0 Å². The Labute approximate surface area is 97.8 Å². The van der Waals surface area contributed by atoms with Crippen molar-refractivity contribution in [3.05, 3.63) is 33.8 Å². The van der Waals surface area contributed by atoms with Crippen LogP contribution in [0.1, 0.15) is 24.0 Å². The number of carbonyl (C=O) groups excluding carboxylic acids is 1. The summed E-state index contributed by atoms with van der Waals surface area (Å²) in [5.41, 5.74) is 1.89. The number of ether oxygens (including phenoxy) is 1. The molecule has 0 bridgehead atoms. The summed E-state index contributed by atoms with van der Waals surface area (Å²) in [5, 5.41) is 0. The minimum Gasteiger partial charge on any atom is -0.468 e. The van der Waals surface area contributed by atoms with Gasteiger partial charge in [0.25, 0.3) is 0 Å². The van der Waals surface area contributed by atoms with Crippen LogP contribution in [0.15, 0.2) is 22.7 Å². The van der Waals surface area contributed by atoms with E-state index in [-0.39, 0.29) is 11.4 Å². The number of benzene rings is 1. The molecule has 0 aliphatic heterocycles. The molecule has 80 valence electrons. The fourth-order valence-corrected chi connectivity index (χ4v) is 2.20. The number of methoxy groups -OCH3 is 1. The zero-order valence-electron chi connectivity index (χ0n) is 8.84. The lowest BCUT2D eigenvalue weighted by molar-refractivity contribution is -0.143. The van der Waals surface area contributed by atoms with Crippen LogP contribution in [0.25, 0.3) is 0 Å². The van der Waals surface area contributed by atoms with Gasteiger partial charge in [-0.05, 0) is 37.0 Å². The molecule has 0 atom stereocenters. The molecule has 0 amide bonds. The van der Waals surface area contributed by atoms with E-state index in [0.717, 1.165) is 22.9 Å². The highest BCUT2D eigenvalue weighted by Gasteiger charge is 2.52. The third-order valence-electron chi connectivity index (χ3n) is 3.05. The second kappa shape index (κ2) is 3.63. The zero-order valence-corrected chi connectivity index (χ0v) is 10.4. The Balaban J connectivity index is 2.38. The maximum Gasteiger partial charge on any atom is 0.316 e. The van der Waals surface area contributed by atoms with Crippen LogP contribution < -0.4 is 0 Å². The highest BCUT2D eigenvalue weighted by molar-refractivity contribution is 9.10.